The van der Waals surface area contributed by atoms with E-state index in [-0.39, 0.29) is 11.7 Å². The topological polar surface area (TPSA) is 36.4 Å². The predicted octanol–water partition coefficient (Wildman–Crippen LogP) is 4.39. The molecule has 124 valence electrons. The van der Waals surface area contributed by atoms with Gasteiger partial charge in [0.25, 0.3) is 0 Å². The van der Waals surface area contributed by atoms with E-state index in [2.05, 4.69) is 27.4 Å². The largest absolute Gasteiger partial charge is 0.388 e. The second kappa shape index (κ2) is 6.49. The number of hydrogen-bond acceptors (Lipinski definition) is 4. The van der Waals surface area contributed by atoms with Crippen LogP contribution in [0.25, 0.3) is 10.2 Å². The number of pyridine rings is 1. The fourth-order valence-corrected chi connectivity index (χ4v) is 4.39. The molecule has 3 heterocycles. The van der Waals surface area contributed by atoms with Gasteiger partial charge in [0, 0.05) is 19.3 Å². The van der Waals surface area contributed by atoms with Crippen molar-refractivity contribution in [3.63, 3.8) is 0 Å². The Hall–Kier alpha value is -1.98. The molecule has 1 N–H and O–H groups in total. The van der Waals surface area contributed by atoms with Gasteiger partial charge < -0.3 is 10.0 Å². The van der Waals surface area contributed by atoms with Crippen molar-refractivity contribution in [2.24, 2.45) is 5.92 Å². The molecule has 1 aromatic carbocycles. The lowest BCUT2D eigenvalue weighted by Crippen LogP contribution is -2.35. The molecule has 24 heavy (non-hydrogen) atoms. The molecule has 1 fully saturated rings. The number of halogens is 1. The monoisotopic (exact) mass is 342 g/mol. The minimum Gasteiger partial charge on any atom is -0.388 e. The Kier molecular flexibility index (Phi) is 4.21. The predicted molar refractivity (Wildman–Crippen MR) is 95.9 cm³/mol. The number of nitrogens with zero attached hydrogens (tertiary/aromatic N) is 2. The van der Waals surface area contributed by atoms with Crippen LogP contribution in [0.4, 0.5) is 10.1 Å². The van der Waals surface area contributed by atoms with Gasteiger partial charge in [0.1, 0.15) is 5.82 Å². The van der Waals surface area contributed by atoms with Crippen LogP contribution in [0.15, 0.2) is 48.0 Å². The Balaban J connectivity index is 1.47. The lowest BCUT2D eigenvalue weighted by Gasteiger charge is -2.35. The van der Waals surface area contributed by atoms with Gasteiger partial charge in [-0.05, 0) is 54.0 Å². The van der Waals surface area contributed by atoms with Crippen LogP contribution in [0.5, 0.6) is 0 Å². The van der Waals surface area contributed by atoms with Crippen molar-refractivity contribution in [1.82, 2.24) is 4.98 Å². The van der Waals surface area contributed by atoms with Crippen molar-refractivity contribution in [1.29, 1.82) is 0 Å². The van der Waals surface area contributed by atoms with Crippen LogP contribution >= 0.6 is 11.3 Å². The Morgan fingerprint density at radius 3 is 2.62 bits per heavy atom. The highest BCUT2D eigenvalue weighted by Crippen LogP contribution is 2.35. The third-order valence-electron chi connectivity index (χ3n) is 4.86. The van der Waals surface area contributed by atoms with Crippen LogP contribution in [0.1, 0.15) is 24.5 Å². The highest BCUT2D eigenvalue weighted by molar-refractivity contribution is 7.17. The zero-order valence-corrected chi connectivity index (χ0v) is 14.0. The summed E-state index contributed by atoms with van der Waals surface area (Å²) in [5, 5.41) is 12.7. The first-order chi connectivity index (χ1) is 11.7. The molecule has 0 radical (unpaired) electrons. The molecule has 1 unspecified atom stereocenters. The standard InChI is InChI=1S/C19H19FN2OS/c20-15-3-1-13(2-4-15)18(23)14-6-10-22(11-7-14)17-5-9-21-16-8-12-24-19(16)17/h1-5,8-9,12,14,18,23H,6-7,10-11H2. The number of thiophene rings is 1. The molecule has 1 aliphatic heterocycles. The van der Waals surface area contributed by atoms with E-state index in [1.54, 1.807) is 23.5 Å². The minimum absolute atomic E-state index is 0.215. The summed E-state index contributed by atoms with van der Waals surface area (Å²) in [6.45, 7) is 1.83. The quantitative estimate of drug-likeness (QED) is 0.767. The normalized spacial score (nSPS) is 17.3. The summed E-state index contributed by atoms with van der Waals surface area (Å²) in [7, 11) is 0. The highest BCUT2D eigenvalue weighted by Gasteiger charge is 2.27. The Morgan fingerprint density at radius 1 is 1.12 bits per heavy atom. The summed E-state index contributed by atoms with van der Waals surface area (Å²) in [6, 6.07) is 10.3. The molecular weight excluding hydrogens is 323 g/mol. The first-order valence-corrected chi connectivity index (χ1v) is 9.11. The van der Waals surface area contributed by atoms with Gasteiger partial charge in [0.05, 0.1) is 22.0 Å². The number of piperidine rings is 1. The van der Waals surface area contributed by atoms with Gasteiger partial charge in [-0.1, -0.05) is 12.1 Å². The third-order valence-corrected chi connectivity index (χ3v) is 5.79. The Labute approximate surface area is 144 Å². The van der Waals surface area contributed by atoms with Gasteiger partial charge in [0.15, 0.2) is 0 Å². The molecule has 2 aromatic heterocycles. The fraction of sp³-hybridized carbons (Fsp3) is 0.316. The fourth-order valence-electron chi connectivity index (χ4n) is 3.50. The van der Waals surface area contributed by atoms with E-state index in [4.69, 9.17) is 0 Å². The van der Waals surface area contributed by atoms with Crippen molar-refractivity contribution in [3.8, 4) is 0 Å². The van der Waals surface area contributed by atoms with Gasteiger partial charge in [0.2, 0.25) is 0 Å². The number of fused-ring (bicyclic) bond motifs is 1. The molecule has 1 atom stereocenters. The van der Waals surface area contributed by atoms with E-state index in [0.29, 0.717) is 0 Å². The highest BCUT2D eigenvalue weighted by atomic mass is 32.1. The number of aliphatic hydroxyl groups is 1. The second-order valence-corrected chi connectivity index (χ2v) is 7.20. The van der Waals surface area contributed by atoms with Crippen molar-refractivity contribution in [3.05, 3.63) is 59.4 Å². The lowest BCUT2D eigenvalue weighted by atomic mass is 9.87. The van der Waals surface area contributed by atoms with Crippen molar-refractivity contribution in [2.45, 2.75) is 18.9 Å². The molecule has 5 heteroatoms. The average molecular weight is 342 g/mol. The van der Waals surface area contributed by atoms with E-state index in [9.17, 15) is 9.50 Å². The number of hydrogen-bond donors (Lipinski definition) is 1. The average Bonchev–Trinajstić information content (AvgIpc) is 3.11. The number of aliphatic hydroxyl groups excluding tert-OH is 1. The zero-order chi connectivity index (χ0) is 16.5. The molecule has 3 nitrogen and oxygen atoms in total. The first-order valence-electron chi connectivity index (χ1n) is 8.23. The molecule has 1 saturated heterocycles. The maximum Gasteiger partial charge on any atom is 0.123 e. The van der Waals surface area contributed by atoms with Crippen LogP contribution in [0.3, 0.4) is 0 Å². The summed E-state index contributed by atoms with van der Waals surface area (Å²) in [5.74, 6) is -0.0502. The second-order valence-electron chi connectivity index (χ2n) is 6.29. The summed E-state index contributed by atoms with van der Waals surface area (Å²) in [5.41, 5.74) is 3.09. The van der Waals surface area contributed by atoms with E-state index in [1.165, 1.54) is 22.5 Å². The van der Waals surface area contributed by atoms with E-state index in [0.717, 1.165) is 37.0 Å². The third kappa shape index (κ3) is 2.89. The number of rotatable bonds is 3. The van der Waals surface area contributed by atoms with E-state index >= 15 is 0 Å². The molecule has 4 rings (SSSR count). The van der Waals surface area contributed by atoms with Gasteiger partial charge in [-0.2, -0.15) is 0 Å². The molecular formula is C19H19FN2OS. The number of benzene rings is 1. The van der Waals surface area contributed by atoms with Crippen LogP contribution in [-0.2, 0) is 0 Å². The van der Waals surface area contributed by atoms with Crippen molar-refractivity contribution >= 4 is 27.2 Å². The summed E-state index contributed by atoms with van der Waals surface area (Å²) in [4.78, 5) is 6.78. The smallest absolute Gasteiger partial charge is 0.123 e. The van der Waals surface area contributed by atoms with Gasteiger partial charge in [-0.3, -0.25) is 4.98 Å². The van der Waals surface area contributed by atoms with Crippen molar-refractivity contribution in [2.75, 3.05) is 18.0 Å². The van der Waals surface area contributed by atoms with Crippen molar-refractivity contribution < 1.29 is 9.50 Å². The van der Waals surface area contributed by atoms with Crippen LogP contribution in [0.2, 0.25) is 0 Å². The van der Waals surface area contributed by atoms with Crippen LogP contribution < -0.4 is 4.90 Å². The SMILES string of the molecule is OC(c1ccc(F)cc1)C1CCN(c2ccnc3ccsc23)CC1. The molecule has 0 amide bonds. The Morgan fingerprint density at radius 2 is 1.88 bits per heavy atom. The molecule has 0 bridgehead atoms. The van der Waals surface area contributed by atoms with Gasteiger partial charge in [-0.15, -0.1) is 11.3 Å². The number of aromatic nitrogens is 1. The lowest BCUT2D eigenvalue weighted by molar-refractivity contribution is 0.0929. The zero-order valence-electron chi connectivity index (χ0n) is 13.2. The first kappa shape index (κ1) is 15.5. The summed E-state index contributed by atoms with van der Waals surface area (Å²) >= 11 is 1.72. The Bertz CT molecular complexity index is 825. The molecule has 0 saturated carbocycles. The van der Waals surface area contributed by atoms with E-state index < -0.39 is 6.10 Å². The van der Waals surface area contributed by atoms with E-state index in [1.807, 2.05) is 6.20 Å². The maximum atomic E-state index is 13.0. The van der Waals surface area contributed by atoms with Crippen LogP contribution in [0, 0.1) is 11.7 Å². The molecule has 1 aliphatic rings. The summed E-state index contributed by atoms with van der Waals surface area (Å²) < 4.78 is 14.3. The van der Waals surface area contributed by atoms with Gasteiger partial charge >= 0.3 is 0 Å². The minimum atomic E-state index is -0.521. The maximum absolute atomic E-state index is 13.0. The van der Waals surface area contributed by atoms with Crippen LogP contribution in [-0.4, -0.2) is 23.2 Å². The molecule has 3 aromatic rings. The molecule has 0 aliphatic carbocycles. The summed E-state index contributed by atoms with van der Waals surface area (Å²) in [6.07, 6.45) is 3.19. The van der Waals surface area contributed by atoms with Gasteiger partial charge in [-0.25, -0.2) is 4.39 Å². The molecule has 0 spiro atoms. The number of anilines is 1.